The van der Waals surface area contributed by atoms with Gasteiger partial charge in [0.2, 0.25) is 0 Å². The smallest absolute Gasteiger partial charge is 0.0648 e. The van der Waals surface area contributed by atoms with Gasteiger partial charge in [-0.1, -0.05) is 0 Å². The van der Waals surface area contributed by atoms with Gasteiger partial charge in [0.15, 0.2) is 0 Å². The quantitative estimate of drug-likeness (QED) is 0.505. The zero-order valence-electron chi connectivity index (χ0n) is 8.89. The molecule has 0 rings (SSSR count). The first kappa shape index (κ1) is 12.5. The lowest BCUT2D eigenvalue weighted by Crippen LogP contribution is -2.26. The van der Waals surface area contributed by atoms with Crippen LogP contribution in [0.5, 0.6) is 0 Å². The third kappa shape index (κ3) is 7.83. The molecular formula is C11H20O2. The number of aliphatic hydroxyl groups excluding tert-OH is 1. The van der Waals surface area contributed by atoms with Gasteiger partial charge in [-0.25, -0.2) is 0 Å². The van der Waals surface area contributed by atoms with E-state index in [4.69, 9.17) is 9.84 Å². The molecule has 0 saturated carbocycles. The van der Waals surface area contributed by atoms with Gasteiger partial charge in [-0.2, -0.15) is 0 Å². The molecule has 1 N–H and O–H groups in total. The second kappa shape index (κ2) is 6.94. The second-order valence-corrected chi connectivity index (χ2v) is 3.61. The number of hydrogen-bond donors (Lipinski definition) is 1. The Labute approximate surface area is 81.3 Å². The summed E-state index contributed by atoms with van der Waals surface area (Å²) in [5.74, 6) is 5.83. The normalized spacial score (nSPS) is 10.8. The van der Waals surface area contributed by atoms with E-state index in [9.17, 15) is 0 Å². The maximum Gasteiger partial charge on any atom is 0.0648 e. The predicted octanol–water partition coefficient (Wildman–Crippen LogP) is 1.97. The van der Waals surface area contributed by atoms with Gasteiger partial charge in [0, 0.05) is 19.6 Å². The molecule has 2 heteroatoms. The van der Waals surface area contributed by atoms with Crippen LogP contribution in [0, 0.1) is 11.8 Å². The predicted molar refractivity (Wildman–Crippen MR) is 54.4 cm³/mol. The number of rotatable bonds is 6. The largest absolute Gasteiger partial charge is 0.396 e. The minimum absolute atomic E-state index is 0.182. The monoisotopic (exact) mass is 184 g/mol. The van der Waals surface area contributed by atoms with Crippen LogP contribution in [-0.4, -0.2) is 23.9 Å². The molecule has 0 saturated heterocycles. The van der Waals surface area contributed by atoms with Crippen molar-refractivity contribution in [2.45, 2.75) is 45.6 Å². The first-order valence-electron chi connectivity index (χ1n) is 4.77. The minimum Gasteiger partial charge on any atom is -0.396 e. The fraction of sp³-hybridized carbons (Fsp3) is 0.818. The van der Waals surface area contributed by atoms with Crippen LogP contribution in [-0.2, 0) is 4.74 Å². The average molecular weight is 184 g/mol. The summed E-state index contributed by atoms with van der Waals surface area (Å²) in [6, 6.07) is 0. The molecule has 0 aromatic heterocycles. The van der Waals surface area contributed by atoms with Crippen LogP contribution < -0.4 is 0 Å². The van der Waals surface area contributed by atoms with Gasteiger partial charge in [-0.05, 0) is 33.6 Å². The summed E-state index contributed by atoms with van der Waals surface area (Å²) in [4.78, 5) is 0. The van der Waals surface area contributed by atoms with Crippen LogP contribution in [0.2, 0.25) is 0 Å². The van der Waals surface area contributed by atoms with E-state index in [0.717, 1.165) is 19.4 Å². The van der Waals surface area contributed by atoms with Crippen molar-refractivity contribution in [3.8, 4) is 11.8 Å². The SMILES string of the molecule is CC#CCCCOC(C)(C)CCO. The molecule has 0 fully saturated rings. The van der Waals surface area contributed by atoms with Crippen LogP contribution in [0.4, 0.5) is 0 Å². The van der Waals surface area contributed by atoms with E-state index >= 15 is 0 Å². The van der Waals surface area contributed by atoms with Gasteiger partial charge >= 0.3 is 0 Å². The van der Waals surface area contributed by atoms with E-state index in [0.29, 0.717) is 6.42 Å². The molecule has 0 bridgehead atoms. The Morgan fingerprint density at radius 3 is 2.62 bits per heavy atom. The highest BCUT2D eigenvalue weighted by Gasteiger charge is 2.16. The molecule has 0 aliphatic rings. The van der Waals surface area contributed by atoms with Gasteiger partial charge in [0.25, 0.3) is 0 Å². The maximum absolute atomic E-state index is 8.74. The van der Waals surface area contributed by atoms with Crippen LogP contribution in [0.3, 0.4) is 0 Å². The molecule has 0 aromatic carbocycles. The van der Waals surface area contributed by atoms with E-state index in [1.54, 1.807) is 0 Å². The van der Waals surface area contributed by atoms with Crippen LogP contribution in [0.15, 0.2) is 0 Å². The Hall–Kier alpha value is -0.520. The van der Waals surface area contributed by atoms with Crippen molar-refractivity contribution in [3.63, 3.8) is 0 Å². The summed E-state index contributed by atoms with van der Waals surface area (Å²) >= 11 is 0. The number of ether oxygens (including phenoxy) is 1. The molecule has 2 nitrogen and oxygen atoms in total. The molecule has 0 unspecified atom stereocenters. The fourth-order valence-corrected chi connectivity index (χ4v) is 0.975. The maximum atomic E-state index is 8.74. The summed E-state index contributed by atoms with van der Waals surface area (Å²) in [7, 11) is 0. The highest BCUT2D eigenvalue weighted by molar-refractivity contribution is 4.94. The standard InChI is InChI=1S/C11H20O2/c1-4-5-6-7-10-13-11(2,3)8-9-12/h12H,6-10H2,1-3H3. The van der Waals surface area contributed by atoms with Crippen molar-refractivity contribution < 1.29 is 9.84 Å². The minimum atomic E-state index is -0.200. The average Bonchev–Trinajstić information content (AvgIpc) is 2.04. The van der Waals surface area contributed by atoms with E-state index in [-0.39, 0.29) is 12.2 Å². The molecule has 0 spiro atoms. The Bertz CT molecular complexity index is 174. The summed E-state index contributed by atoms with van der Waals surface area (Å²) in [5, 5.41) is 8.74. The van der Waals surface area contributed by atoms with Crippen LogP contribution >= 0.6 is 0 Å². The molecule has 76 valence electrons. The fourth-order valence-electron chi connectivity index (χ4n) is 0.975. The molecule has 0 atom stereocenters. The van der Waals surface area contributed by atoms with Crippen molar-refractivity contribution in [2.24, 2.45) is 0 Å². The Morgan fingerprint density at radius 2 is 2.08 bits per heavy atom. The van der Waals surface area contributed by atoms with Crippen LogP contribution in [0.1, 0.15) is 40.0 Å². The molecule has 0 radical (unpaired) electrons. The first-order valence-corrected chi connectivity index (χ1v) is 4.77. The van der Waals surface area contributed by atoms with Gasteiger partial charge in [0.1, 0.15) is 0 Å². The molecular weight excluding hydrogens is 164 g/mol. The Morgan fingerprint density at radius 1 is 1.38 bits per heavy atom. The number of aliphatic hydroxyl groups is 1. The van der Waals surface area contributed by atoms with E-state index in [2.05, 4.69) is 11.8 Å². The second-order valence-electron chi connectivity index (χ2n) is 3.61. The summed E-state index contributed by atoms with van der Waals surface area (Å²) < 4.78 is 5.59. The van der Waals surface area contributed by atoms with Crippen molar-refractivity contribution in [3.05, 3.63) is 0 Å². The zero-order valence-corrected chi connectivity index (χ0v) is 8.89. The van der Waals surface area contributed by atoms with Crippen molar-refractivity contribution in [1.82, 2.24) is 0 Å². The molecule has 13 heavy (non-hydrogen) atoms. The Balaban J connectivity index is 3.43. The highest BCUT2D eigenvalue weighted by atomic mass is 16.5. The molecule has 0 amide bonds. The molecule has 0 heterocycles. The Kier molecular flexibility index (Phi) is 6.66. The summed E-state index contributed by atoms with van der Waals surface area (Å²) in [5.41, 5.74) is -0.200. The third-order valence-corrected chi connectivity index (χ3v) is 1.83. The molecule has 0 aliphatic carbocycles. The zero-order chi connectivity index (χ0) is 10.2. The first-order chi connectivity index (χ1) is 6.12. The number of unbranched alkanes of at least 4 members (excludes halogenated alkanes) is 1. The molecule has 0 aromatic rings. The third-order valence-electron chi connectivity index (χ3n) is 1.83. The lowest BCUT2D eigenvalue weighted by atomic mass is 10.1. The van der Waals surface area contributed by atoms with Crippen molar-refractivity contribution in [2.75, 3.05) is 13.2 Å². The van der Waals surface area contributed by atoms with Gasteiger partial charge in [-0.3, -0.25) is 0 Å². The van der Waals surface area contributed by atoms with E-state index < -0.39 is 0 Å². The number of hydrogen-bond acceptors (Lipinski definition) is 2. The van der Waals surface area contributed by atoms with Gasteiger partial charge < -0.3 is 9.84 Å². The van der Waals surface area contributed by atoms with Crippen molar-refractivity contribution >= 4 is 0 Å². The van der Waals surface area contributed by atoms with Gasteiger partial charge in [-0.15, -0.1) is 11.8 Å². The lowest BCUT2D eigenvalue weighted by molar-refractivity contribution is -0.0330. The topological polar surface area (TPSA) is 29.5 Å². The van der Waals surface area contributed by atoms with Gasteiger partial charge in [0.05, 0.1) is 5.60 Å². The molecule has 0 aliphatic heterocycles. The summed E-state index contributed by atoms with van der Waals surface area (Å²) in [6.07, 6.45) is 2.55. The lowest BCUT2D eigenvalue weighted by Gasteiger charge is -2.24. The summed E-state index contributed by atoms with van der Waals surface area (Å²) in [6.45, 7) is 6.74. The van der Waals surface area contributed by atoms with Crippen LogP contribution in [0.25, 0.3) is 0 Å². The van der Waals surface area contributed by atoms with E-state index in [1.807, 2.05) is 20.8 Å². The van der Waals surface area contributed by atoms with E-state index in [1.165, 1.54) is 0 Å². The van der Waals surface area contributed by atoms with Crippen molar-refractivity contribution in [1.29, 1.82) is 0 Å². The highest BCUT2D eigenvalue weighted by Crippen LogP contribution is 2.13.